The number of aryl methyl sites for hydroxylation is 1. The molecule has 0 aliphatic heterocycles. The SMILES string of the molecule is OCc1nc(CCCCl)cs1. The topological polar surface area (TPSA) is 33.1 Å². The van der Waals surface area contributed by atoms with Crippen LogP contribution < -0.4 is 0 Å². The molecule has 0 spiro atoms. The van der Waals surface area contributed by atoms with Crippen LogP contribution >= 0.6 is 22.9 Å². The Morgan fingerprint density at radius 2 is 2.45 bits per heavy atom. The lowest BCUT2D eigenvalue weighted by Crippen LogP contribution is -1.87. The van der Waals surface area contributed by atoms with Gasteiger partial charge in [-0.15, -0.1) is 22.9 Å². The molecule has 62 valence electrons. The molecule has 1 N–H and O–H groups in total. The molecule has 0 unspecified atom stereocenters. The third-order valence-corrected chi connectivity index (χ3v) is 2.45. The molecule has 0 radical (unpaired) electrons. The summed E-state index contributed by atoms with van der Waals surface area (Å²) in [5.74, 6) is 0.673. The Kier molecular flexibility index (Phi) is 3.83. The smallest absolute Gasteiger partial charge is 0.118 e. The van der Waals surface area contributed by atoms with Gasteiger partial charge in [0.2, 0.25) is 0 Å². The molecule has 0 aliphatic rings. The average Bonchev–Trinajstić information content (AvgIpc) is 2.48. The van der Waals surface area contributed by atoms with Gasteiger partial charge in [-0.25, -0.2) is 4.98 Å². The summed E-state index contributed by atoms with van der Waals surface area (Å²) in [5.41, 5.74) is 1.04. The van der Waals surface area contributed by atoms with E-state index in [4.69, 9.17) is 16.7 Å². The molecule has 4 heteroatoms. The highest BCUT2D eigenvalue weighted by Crippen LogP contribution is 2.11. The summed E-state index contributed by atoms with van der Waals surface area (Å²) in [7, 11) is 0. The van der Waals surface area contributed by atoms with Crippen LogP contribution in [0.2, 0.25) is 0 Å². The number of aromatic nitrogens is 1. The maximum absolute atomic E-state index is 8.70. The number of aliphatic hydroxyl groups excluding tert-OH is 1. The molecule has 11 heavy (non-hydrogen) atoms. The van der Waals surface area contributed by atoms with Crippen molar-refractivity contribution in [3.05, 3.63) is 16.1 Å². The van der Waals surface area contributed by atoms with Gasteiger partial charge >= 0.3 is 0 Å². The number of rotatable bonds is 4. The zero-order chi connectivity index (χ0) is 8.10. The van der Waals surface area contributed by atoms with E-state index in [1.165, 1.54) is 11.3 Å². The molecule has 1 aromatic heterocycles. The molecule has 2 nitrogen and oxygen atoms in total. The van der Waals surface area contributed by atoms with Gasteiger partial charge < -0.3 is 5.11 Å². The number of hydrogen-bond acceptors (Lipinski definition) is 3. The van der Waals surface area contributed by atoms with Gasteiger partial charge in [0.1, 0.15) is 5.01 Å². The molecule has 0 aromatic carbocycles. The summed E-state index contributed by atoms with van der Waals surface area (Å²) in [6, 6.07) is 0. The van der Waals surface area contributed by atoms with Gasteiger partial charge in [-0.3, -0.25) is 0 Å². The lowest BCUT2D eigenvalue weighted by atomic mass is 10.3. The summed E-state index contributed by atoms with van der Waals surface area (Å²) < 4.78 is 0. The molecular formula is C7H10ClNOS. The summed E-state index contributed by atoms with van der Waals surface area (Å²) in [6.07, 6.45) is 1.87. The summed E-state index contributed by atoms with van der Waals surface area (Å²) in [4.78, 5) is 4.18. The predicted octanol–water partition coefficient (Wildman–Crippen LogP) is 1.81. The van der Waals surface area contributed by atoms with Gasteiger partial charge in [-0.1, -0.05) is 0 Å². The first-order chi connectivity index (χ1) is 5.36. The Morgan fingerprint density at radius 1 is 1.64 bits per heavy atom. The number of nitrogens with zero attached hydrogens (tertiary/aromatic N) is 1. The standard InChI is InChI=1S/C7H10ClNOS/c8-3-1-2-6-5-11-7(4-10)9-6/h5,10H,1-4H2. The Bertz CT molecular complexity index is 214. The molecule has 0 atom stereocenters. The third-order valence-electron chi connectivity index (χ3n) is 1.30. The van der Waals surface area contributed by atoms with E-state index in [2.05, 4.69) is 4.98 Å². The van der Waals surface area contributed by atoms with Gasteiger partial charge in [0, 0.05) is 11.3 Å². The first-order valence-electron chi connectivity index (χ1n) is 3.47. The van der Waals surface area contributed by atoms with Crippen LogP contribution in [0, 0.1) is 0 Å². The zero-order valence-corrected chi connectivity index (χ0v) is 7.66. The number of aliphatic hydroxyl groups is 1. The molecule has 1 aromatic rings. The number of halogens is 1. The van der Waals surface area contributed by atoms with Gasteiger partial charge in [-0.05, 0) is 12.8 Å². The van der Waals surface area contributed by atoms with Crippen molar-refractivity contribution in [2.45, 2.75) is 19.4 Å². The van der Waals surface area contributed by atoms with Crippen molar-refractivity contribution in [1.29, 1.82) is 0 Å². The van der Waals surface area contributed by atoms with Crippen molar-refractivity contribution in [3.63, 3.8) is 0 Å². The van der Waals surface area contributed by atoms with Crippen LogP contribution in [0.3, 0.4) is 0 Å². The minimum atomic E-state index is 0.0472. The second-order valence-electron chi connectivity index (χ2n) is 2.18. The van der Waals surface area contributed by atoms with E-state index in [0.717, 1.165) is 23.5 Å². The quantitative estimate of drug-likeness (QED) is 0.737. The van der Waals surface area contributed by atoms with E-state index in [1.807, 2.05) is 5.38 Å². The summed E-state index contributed by atoms with van der Waals surface area (Å²) in [6.45, 7) is 0.0472. The van der Waals surface area contributed by atoms with Crippen LogP contribution in [-0.2, 0) is 13.0 Å². The van der Waals surface area contributed by atoms with Crippen LogP contribution in [0.15, 0.2) is 5.38 Å². The van der Waals surface area contributed by atoms with Crippen LogP contribution in [0.4, 0.5) is 0 Å². The van der Waals surface area contributed by atoms with E-state index < -0.39 is 0 Å². The molecule has 1 rings (SSSR count). The average molecular weight is 192 g/mol. The maximum atomic E-state index is 8.70. The molecule has 0 bridgehead atoms. The third kappa shape index (κ3) is 2.77. The normalized spacial score (nSPS) is 10.4. The highest BCUT2D eigenvalue weighted by atomic mass is 35.5. The fourth-order valence-corrected chi connectivity index (χ4v) is 1.61. The van der Waals surface area contributed by atoms with Crippen molar-refractivity contribution in [1.82, 2.24) is 4.98 Å². The number of thiazole rings is 1. The van der Waals surface area contributed by atoms with Gasteiger partial charge in [0.15, 0.2) is 0 Å². The number of alkyl halides is 1. The van der Waals surface area contributed by atoms with E-state index in [9.17, 15) is 0 Å². The van der Waals surface area contributed by atoms with Gasteiger partial charge in [-0.2, -0.15) is 0 Å². The lowest BCUT2D eigenvalue weighted by molar-refractivity contribution is 0.281. The first kappa shape index (κ1) is 8.97. The highest BCUT2D eigenvalue weighted by molar-refractivity contribution is 7.09. The van der Waals surface area contributed by atoms with Crippen LogP contribution in [0.5, 0.6) is 0 Å². The van der Waals surface area contributed by atoms with Crippen LogP contribution in [0.25, 0.3) is 0 Å². The molecular weight excluding hydrogens is 182 g/mol. The van der Waals surface area contributed by atoms with E-state index in [-0.39, 0.29) is 6.61 Å². The van der Waals surface area contributed by atoms with Crippen molar-refractivity contribution < 1.29 is 5.11 Å². The molecule has 0 fully saturated rings. The Morgan fingerprint density at radius 3 is 3.00 bits per heavy atom. The number of hydrogen-bond donors (Lipinski definition) is 1. The molecule has 0 aliphatic carbocycles. The molecule has 0 saturated heterocycles. The van der Waals surface area contributed by atoms with Gasteiger partial charge in [0.25, 0.3) is 0 Å². The molecule has 0 amide bonds. The Hall–Kier alpha value is -0.120. The van der Waals surface area contributed by atoms with Crippen molar-refractivity contribution in [2.24, 2.45) is 0 Å². The van der Waals surface area contributed by atoms with Crippen LogP contribution in [-0.4, -0.2) is 16.0 Å². The van der Waals surface area contributed by atoms with Crippen molar-refractivity contribution in [2.75, 3.05) is 5.88 Å². The fraction of sp³-hybridized carbons (Fsp3) is 0.571. The Labute approximate surface area is 74.8 Å². The maximum Gasteiger partial charge on any atom is 0.118 e. The van der Waals surface area contributed by atoms with E-state index in [0.29, 0.717) is 5.88 Å². The minimum absolute atomic E-state index is 0.0472. The second kappa shape index (κ2) is 4.70. The summed E-state index contributed by atoms with van der Waals surface area (Å²) >= 11 is 7.01. The van der Waals surface area contributed by atoms with Crippen molar-refractivity contribution in [3.8, 4) is 0 Å². The van der Waals surface area contributed by atoms with E-state index in [1.54, 1.807) is 0 Å². The highest BCUT2D eigenvalue weighted by Gasteiger charge is 1.99. The van der Waals surface area contributed by atoms with Gasteiger partial charge in [0.05, 0.1) is 12.3 Å². The molecule has 0 saturated carbocycles. The lowest BCUT2D eigenvalue weighted by Gasteiger charge is -1.89. The van der Waals surface area contributed by atoms with Crippen molar-refractivity contribution >= 4 is 22.9 Å². The van der Waals surface area contributed by atoms with Crippen LogP contribution in [0.1, 0.15) is 17.1 Å². The zero-order valence-electron chi connectivity index (χ0n) is 6.09. The Balaban J connectivity index is 2.44. The molecule has 1 heterocycles. The predicted molar refractivity (Wildman–Crippen MR) is 47.1 cm³/mol. The summed E-state index contributed by atoms with van der Waals surface area (Å²) in [5, 5.41) is 11.5. The monoisotopic (exact) mass is 191 g/mol. The van der Waals surface area contributed by atoms with E-state index >= 15 is 0 Å². The first-order valence-corrected chi connectivity index (χ1v) is 4.88. The largest absolute Gasteiger partial charge is 0.389 e. The fourth-order valence-electron chi connectivity index (χ4n) is 0.784. The minimum Gasteiger partial charge on any atom is -0.389 e. The second-order valence-corrected chi connectivity index (χ2v) is 3.50.